The van der Waals surface area contributed by atoms with Gasteiger partial charge in [0.25, 0.3) is 0 Å². The molecule has 94 valence electrons. The summed E-state index contributed by atoms with van der Waals surface area (Å²) in [5.74, 6) is 0.593. The minimum Gasteiger partial charge on any atom is -0.393 e. The van der Waals surface area contributed by atoms with Gasteiger partial charge in [-0.3, -0.25) is 0 Å². The zero-order valence-electron chi connectivity index (χ0n) is 9.78. The number of hydrogen-bond acceptors (Lipinski definition) is 5. The monoisotopic (exact) mass is 240 g/mol. The Hall–Kier alpha value is -1.43. The summed E-state index contributed by atoms with van der Waals surface area (Å²) >= 11 is 0. The van der Waals surface area contributed by atoms with E-state index in [0.717, 1.165) is 19.0 Å². The van der Waals surface area contributed by atoms with Crippen LogP contribution < -0.4 is 10.6 Å². The third-order valence-electron chi connectivity index (χ3n) is 2.85. The van der Waals surface area contributed by atoms with Crippen LogP contribution in [0.1, 0.15) is 19.8 Å². The van der Waals surface area contributed by atoms with Crippen molar-refractivity contribution in [1.82, 2.24) is 9.97 Å². The van der Waals surface area contributed by atoms with Gasteiger partial charge in [-0.1, -0.05) is 0 Å². The molecule has 0 aromatic carbocycles. The number of nitrogens with one attached hydrogen (secondary N) is 2. The lowest BCUT2D eigenvalue weighted by Gasteiger charge is -2.31. The van der Waals surface area contributed by atoms with E-state index in [0.29, 0.717) is 25.0 Å². The summed E-state index contributed by atoms with van der Waals surface area (Å²) in [6.07, 6.45) is 2.53. The van der Waals surface area contributed by atoms with E-state index in [9.17, 15) is 4.39 Å². The molecule has 1 aliphatic rings. The standard InChI is InChI=1S/C11H17FN4O/c1-2-13-11-15-6-9(12)10(16-11)14-5-7-3-8(17)4-7/h6-8,17H,2-5H2,1H3,(H2,13,14,15,16). The average molecular weight is 240 g/mol. The van der Waals surface area contributed by atoms with Crippen molar-refractivity contribution in [2.24, 2.45) is 5.92 Å². The van der Waals surface area contributed by atoms with Crippen LogP contribution in [0.25, 0.3) is 0 Å². The molecular formula is C11H17FN4O. The number of aromatic nitrogens is 2. The molecule has 3 N–H and O–H groups in total. The van der Waals surface area contributed by atoms with E-state index in [1.165, 1.54) is 0 Å². The third-order valence-corrected chi connectivity index (χ3v) is 2.85. The molecule has 0 aliphatic heterocycles. The quantitative estimate of drug-likeness (QED) is 0.722. The molecule has 1 fully saturated rings. The average Bonchev–Trinajstić information content (AvgIpc) is 2.27. The highest BCUT2D eigenvalue weighted by Crippen LogP contribution is 2.27. The summed E-state index contributed by atoms with van der Waals surface area (Å²) in [7, 11) is 0. The van der Waals surface area contributed by atoms with Gasteiger partial charge in [-0.25, -0.2) is 9.37 Å². The Morgan fingerprint density at radius 1 is 1.47 bits per heavy atom. The maximum Gasteiger partial charge on any atom is 0.224 e. The van der Waals surface area contributed by atoms with Gasteiger partial charge in [0.1, 0.15) is 0 Å². The maximum absolute atomic E-state index is 13.4. The van der Waals surface area contributed by atoms with E-state index in [1.807, 2.05) is 6.92 Å². The zero-order valence-corrected chi connectivity index (χ0v) is 9.78. The molecule has 1 aromatic heterocycles. The number of halogens is 1. The SMILES string of the molecule is CCNc1ncc(F)c(NCC2CC(O)C2)n1. The predicted octanol–water partition coefficient (Wildman–Crippen LogP) is 1.23. The van der Waals surface area contributed by atoms with Crippen molar-refractivity contribution in [2.45, 2.75) is 25.9 Å². The van der Waals surface area contributed by atoms with Gasteiger partial charge < -0.3 is 15.7 Å². The first-order valence-corrected chi connectivity index (χ1v) is 5.87. The molecule has 1 heterocycles. The van der Waals surface area contributed by atoms with Crippen LogP contribution in [0.5, 0.6) is 0 Å². The molecular weight excluding hydrogens is 223 g/mol. The van der Waals surface area contributed by atoms with Crippen LogP contribution in [0.2, 0.25) is 0 Å². The number of aliphatic hydroxyl groups is 1. The first-order chi connectivity index (χ1) is 8.19. The lowest BCUT2D eigenvalue weighted by Crippen LogP contribution is -2.33. The fraction of sp³-hybridized carbons (Fsp3) is 0.636. The van der Waals surface area contributed by atoms with Gasteiger partial charge in [-0.2, -0.15) is 4.98 Å². The van der Waals surface area contributed by atoms with E-state index in [2.05, 4.69) is 20.6 Å². The highest BCUT2D eigenvalue weighted by Gasteiger charge is 2.27. The fourth-order valence-electron chi connectivity index (χ4n) is 1.84. The van der Waals surface area contributed by atoms with E-state index in [-0.39, 0.29) is 11.9 Å². The highest BCUT2D eigenvalue weighted by atomic mass is 19.1. The van der Waals surface area contributed by atoms with Crippen molar-refractivity contribution in [3.05, 3.63) is 12.0 Å². The molecule has 17 heavy (non-hydrogen) atoms. The Balaban J connectivity index is 1.92. The summed E-state index contributed by atoms with van der Waals surface area (Å²) < 4.78 is 13.4. The molecule has 2 rings (SSSR count). The van der Waals surface area contributed by atoms with Crippen LogP contribution in [-0.2, 0) is 0 Å². The summed E-state index contributed by atoms with van der Waals surface area (Å²) in [4.78, 5) is 7.87. The van der Waals surface area contributed by atoms with Gasteiger partial charge in [0.05, 0.1) is 12.3 Å². The molecule has 0 saturated heterocycles. The Labute approximate surface area is 99.5 Å². The van der Waals surface area contributed by atoms with Crippen LogP contribution in [-0.4, -0.2) is 34.3 Å². The second-order valence-electron chi connectivity index (χ2n) is 4.29. The normalized spacial score (nSPS) is 23.0. The fourth-order valence-corrected chi connectivity index (χ4v) is 1.84. The van der Waals surface area contributed by atoms with Crippen molar-refractivity contribution < 1.29 is 9.50 Å². The third kappa shape index (κ3) is 3.03. The molecule has 6 heteroatoms. The number of nitrogens with zero attached hydrogens (tertiary/aromatic N) is 2. The zero-order chi connectivity index (χ0) is 12.3. The van der Waals surface area contributed by atoms with Crippen molar-refractivity contribution in [3.8, 4) is 0 Å². The van der Waals surface area contributed by atoms with E-state index < -0.39 is 5.82 Å². The first-order valence-electron chi connectivity index (χ1n) is 5.87. The van der Waals surface area contributed by atoms with Gasteiger partial charge in [-0.05, 0) is 25.7 Å². The second kappa shape index (κ2) is 5.27. The van der Waals surface area contributed by atoms with Crippen molar-refractivity contribution in [1.29, 1.82) is 0 Å². The molecule has 0 bridgehead atoms. The van der Waals surface area contributed by atoms with E-state index in [1.54, 1.807) is 0 Å². The van der Waals surface area contributed by atoms with Crippen molar-refractivity contribution in [3.63, 3.8) is 0 Å². The minimum absolute atomic E-state index is 0.186. The van der Waals surface area contributed by atoms with Crippen LogP contribution in [0, 0.1) is 11.7 Å². The predicted molar refractivity (Wildman–Crippen MR) is 63.4 cm³/mol. The summed E-state index contributed by atoms with van der Waals surface area (Å²) in [5, 5.41) is 15.0. The van der Waals surface area contributed by atoms with Gasteiger partial charge >= 0.3 is 0 Å². The molecule has 1 aliphatic carbocycles. The molecule has 1 aromatic rings. The smallest absolute Gasteiger partial charge is 0.224 e. The minimum atomic E-state index is -0.452. The van der Waals surface area contributed by atoms with Gasteiger partial charge in [0, 0.05) is 13.1 Å². The Morgan fingerprint density at radius 3 is 2.88 bits per heavy atom. The Morgan fingerprint density at radius 2 is 2.24 bits per heavy atom. The topological polar surface area (TPSA) is 70.1 Å². The summed E-state index contributed by atoms with van der Waals surface area (Å²) in [5.41, 5.74) is 0. The van der Waals surface area contributed by atoms with Crippen LogP contribution >= 0.6 is 0 Å². The van der Waals surface area contributed by atoms with E-state index in [4.69, 9.17) is 5.11 Å². The number of rotatable bonds is 5. The number of anilines is 2. The summed E-state index contributed by atoms with van der Waals surface area (Å²) in [6, 6.07) is 0. The lowest BCUT2D eigenvalue weighted by atomic mass is 9.82. The molecule has 1 saturated carbocycles. The van der Waals surface area contributed by atoms with Crippen LogP contribution in [0.15, 0.2) is 6.20 Å². The molecule has 0 unspecified atom stereocenters. The molecule has 5 nitrogen and oxygen atoms in total. The van der Waals surface area contributed by atoms with Gasteiger partial charge in [-0.15, -0.1) is 0 Å². The maximum atomic E-state index is 13.4. The first kappa shape index (κ1) is 12.0. The van der Waals surface area contributed by atoms with E-state index >= 15 is 0 Å². The molecule has 0 amide bonds. The molecule has 0 atom stereocenters. The Bertz CT molecular complexity index is 382. The highest BCUT2D eigenvalue weighted by molar-refractivity contribution is 5.41. The lowest BCUT2D eigenvalue weighted by molar-refractivity contribution is 0.0486. The van der Waals surface area contributed by atoms with Gasteiger partial charge in [0.15, 0.2) is 11.6 Å². The second-order valence-corrected chi connectivity index (χ2v) is 4.29. The van der Waals surface area contributed by atoms with Crippen molar-refractivity contribution in [2.75, 3.05) is 23.7 Å². The van der Waals surface area contributed by atoms with Crippen LogP contribution in [0.4, 0.5) is 16.2 Å². The van der Waals surface area contributed by atoms with Gasteiger partial charge in [0.2, 0.25) is 5.95 Å². The Kier molecular flexibility index (Phi) is 3.73. The van der Waals surface area contributed by atoms with Crippen molar-refractivity contribution >= 4 is 11.8 Å². The largest absolute Gasteiger partial charge is 0.393 e. The van der Waals surface area contributed by atoms with Crippen LogP contribution in [0.3, 0.4) is 0 Å². The molecule has 0 spiro atoms. The number of aliphatic hydroxyl groups excluding tert-OH is 1. The molecule has 0 radical (unpaired) electrons. The number of hydrogen-bond donors (Lipinski definition) is 3. The summed E-state index contributed by atoms with van der Waals surface area (Å²) in [6.45, 7) is 3.26.